The summed E-state index contributed by atoms with van der Waals surface area (Å²) >= 11 is 6.39. The molecule has 2 heterocycles. The van der Waals surface area contributed by atoms with Gasteiger partial charge in [0.25, 0.3) is 5.91 Å². The first-order chi connectivity index (χ1) is 14.1. The summed E-state index contributed by atoms with van der Waals surface area (Å²) in [5.74, 6) is -0.282. The van der Waals surface area contributed by atoms with Crippen molar-refractivity contribution in [1.82, 2.24) is 15.5 Å². The Labute approximate surface area is 172 Å². The molecule has 0 radical (unpaired) electrons. The number of amides is 1. The summed E-state index contributed by atoms with van der Waals surface area (Å²) in [5, 5.41) is 21.7. The van der Waals surface area contributed by atoms with Gasteiger partial charge in [-0.2, -0.15) is 5.10 Å². The number of carbonyl (C=O) groups excluding carboxylic acids is 1. The number of hydrogen-bond donors (Lipinski definition) is 3. The summed E-state index contributed by atoms with van der Waals surface area (Å²) in [5.41, 5.74) is 3.98. The number of aryl methyl sites for hydroxylation is 1. The van der Waals surface area contributed by atoms with Gasteiger partial charge < -0.3 is 14.8 Å². The molecular formula is C22H20ClN3O3. The molecule has 0 aliphatic heterocycles. The number of para-hydroxylation sites is 1. The molecule has 0 aliphatic rings. The van der Waals surface area contributed by atoms with Gasteiger partial charge in [-0.05, 0) is 49.6 Å². The summed E-state index contributed by atoms with van der Waals surface area (Å²) in [6, 6.07) is 12.3. The molecule has 2 aromatic carbocycles. The number of aromatic amines is 1. The molecule has 3 N–H and O–H groups in total. The highest BCUT2D eigenvalue weighted by Gasteiger charge is 2.12. The molecule has 4 rings (SSSR count). The van der Waals surface area contributed by atoms with Gasteiger partial charge in [-0.15, -0.1) is 0 Å². The quantitative estimate of drug-likeness (QED) is 0.377. The zero-order valence-electron chi connectivity index (χ0n) is 15.6. The molecule has 148 valence electrons. The number of hydrogen-bond acceptors (Lipinski definition) is 4. The Kier molecular flexibility index (Phi) is 5.53. The van der Waals surface area contributed by atoms with Crippen LogP contribution in [0.15, 0.2) is 59.4 Å². The molecule has 0 atom stereocenters. The Hall–Kier alpha value is -3.25. The monoisotopic (exact) mass is 409 g/mol. The maximum atomic E-state index is 12.1. The summed E-state index contributed by atoms with van der Waals surface area (Å²) in [7, 11) is 0. The number of fused-ring (bicyclic) bond motifs is 1. The SMILES string of the molecule is O=C(NCCCCc1[nH]nc2cc(Cl)c(-c3ccoc3)cc12)c1ccccc1O. The minimum Gasteiger partial charge on any atom is -0.507 e. The summed E-state index contributed by atoms with van der Waals surface area (Å²) in [4.78, 5) is 12.1. The van der Waals surface area contributed by atoms with Gasteiger partial charge in [0.05, 0.1) is 28.6 Å². The van der Waals surface area contributed by atoms with E-state index in [4.69, 9.17) is 16.0 Å². The van der Waals surface area contributed by atoms with Gasteiger partial charge in [0.15, 0.2) is 0 Å². The number of unbranched alkanes of at least 4 members (excludes halogenated alkanes) is 1. The van der Waals surface area contributed by atoms with Crippen molar-refractivity contribution in [1.29, 1.82) is 0 Å². The van der Waals surface area contributed by atoms with Crippen molar-refractivity contribution in [2.75, 3.05) is 6.54 Å². The van der Waals surface area contributed by atoms with Crippen LogP contribution in [-0.2, 0) is 6.42 Å². The molecule has 1 amide bonds. The molecule has 4 aromatic rings. The smallest absolute Gasteiger partial charge is 0.255 e. The van der Waals surface area contributed by atoms with Crippen molar-refractivity contribution < 1.29 is 14.3 Å². The number of nitrogens with zero attached hydrogens (tertiary/aromatic N) is 1. The van der Waals surface area contributed by atoms with Crippen LogP contribution in [0.3, 0.4) is 0 Å². The molecule has 0 saturated heterocycles. The highest BCUT2D eigenvalue weighted by molar-refractivity contribution is 6.34. The van der Waals surface area contributed by atoms with Gasteiger partial charge >= 0.3 is 0 Å². The van der Waals surface area contributed by atoms with Crippen LogP contribution in [0.4, 0.5) is 0 Å². The lowest BCUT2D eigenvalue weighted by Crippen LogP contribution is -2.24. The van der Waals surface area contributed by atoms with E-state index in [2.05, 4.69) is 15.5 Å². The summed E-state index contributed by atoms with van der Waals surface area (Å²) < 4.78 is 5.17. The fourth-order valence-electron chi connectivity index (χ4n) is 3.30. The van der Waals surface area contributed by atoms with E-state index in [0.29, 0.717) is 11.6 Å². The number of carbonyl (C=O) groups is 1. The van der Waals surface area contributed by atoms with E-state index >= 15 is 0 Å². The van der Waals surface area contributed by atoms with Crippen LogP contribution in [0, 0.1) is 0 Å². The van der Waals surface area contributed by atoms with Gasteiger partial charge in [-0.1, -0.05) is 23.7 Å². The van der Waals surface area contributed by atoms with Crippen molar-refractivity contribution in [3.05, 3.63) is 71.3 Å². The lowest BCUT2D eigenvalue weighted by atomic mass is 10.0. The molecular weight excluding hydrogens is 390 g/mol. The van der Waals surface area contributed by atoms with E-state index in [9.17, 15) is 9.90 Å². The molecule has 0 spiro atoms. The predicted octanol–water partition coefficient (Wildman–Crippen LogP) is 4.93. The van der Waals surface area contributed by atoms with E-state index in [1.807, 2.05) is 18.2 Å². The summed E-state index contributed by atoms with van der Waals surface area (Å²) in [6.45, 7) is 0.533. The molecule has 6 nitrogen and oxygen atoms in total. The first kappa shape index (κ1) is 19.1. The van der Waals surface area contributed by atoms with Crippen LogP contribution >= 0.6 is 11.6 Å². The molecule has 0 fully saturated rings. The number of phenolic OH excluding ortho intramolecular Hbond substituents is 1. The van der Waals surface area contributed by atoms with Crippen LogP contribution in [-0.4, -0.2) is 27.8 Å². The second-order valence-corrected chi connectivity index (χ2v) is 7.20. The average molecular weight is 410 g/mol. The largest absolute Gasteiger partial charge is 0.507 e. The highest BCUT2D eigenvalue weighted by atomic mass is 35.5. The Morgan fingerprint density at radius 1 is 1.21 bits per heavy atom. The fraction of sp³-hybridized carbons (Fsp3) is 0.182. The third-order valence-corrected chi connectivity index (χ3v) is 5.15. The van der Waals surface area contributed by atoms with Gasteiger partial charge in [0.2, 0.25) is 0 Å². The molecule has 0 aliphatic carbocycles. The van der Waals surface area contributed by atoms with Crippen molar-refractivity contribution >= 4 is 28.4 Å². The summed E-state index contributed by atoms with van der Waals surface area (Å²) in [6.07, 6.45) is 5.77. The number of H-pyrrole nitrogens is 1. The van der Waals surface area contributed by atoms with E-state index in [0.717, 1.165) is 47.0 Å². The lowest BCUT2D eigenvalue weighted by molar-refractivity contribution is 0.0950. The number of aromatic hydroxyl groups is 1. The van der Waals surface area contributed by atoms with Crippen LogP contribution < -0.4 is 5.32 Å². The van der Waals surface area contributed by atoms with Crippen LogP contribution in [0.2, 0.25) is 5.02 Å². The fourth-order valence-corrected chi connectivity index (χ4v) is 3.57. The van der Waals surface area contributed by atoms with Crippen LogP contribution in [0.5, 0.6) is 5.75 Å². The standard InChI is InChI=1S/C22H20ClN3O3/c23-18-12-20-17(11-16(18)14-8-10-29-13-14)19(25-26-20)6-3-4-9-24-22(28)15-5-1-2-7-21(15)27/h1-2,5,7-8,10-13,27H,3-4,6,9H2,(H,24,28)(H,25,26). The average Bonchev–Trinajstić information content (AvgIpc) is 3.37. The number of aromatic nitrogens is 2. The van der Waals surface area contributed by atoms with Crippen LogP contribution in [0.1, 0.15) is 28.9 Å². The molecule has 0 saturated carbocycles. The number of phenols is 1. The number of furan rings is 1. The number of nitrogens with one attached hydrogen (secondary N) is 2. The van der Waals surface area contributed by atoms with E-state index < -0.39 is 0 Å². The Morgan fingerprint density at radius 2 is 2.07 bits per heavy atom. The zero-order valence-corrected chi connectivity index (χ0v) is 16.4. The number of benzene rings is 2. The minimum atomic E-state index is -0.269. The molecule has 0 bridgehead atoms. The first-order valence-corrected chi connectivity index (χ1v) is 9.76. The molecule has 0 unspecified atom stereocenters. The topological polar surface area (TPSA) is 91.2 Å². The third-order valence-electron chi connectivity index (χ3n) is 4.84. The van der Waals surface area contributed by atoms with Gasteiger partial charge in [-0.25, -0.2) is 0 Å². The van der Waals surface area contributed by atoms with Crippen LogP contribution in [0.25, 0.3) is 22.0 Å². The van der Waals surface area contributed by atoms with Gasteiger partial charge in [0, 0.05) is 28.8 Å². The van der Waals surface area contributed by atoms with E-state index in [1.54, 1.807) is 30.7 Å². The normalized spacial score (nSPS) is 11.1. The highest BCUT2D eigenvalue weighted by Crippen LogP contribution is 2.33. The zero-order chi connectivity index (χ0) is 20.2. The Balaban J connectivity index is 1.36. The van der Waals surface area contributed by atoms with Crippen molar-refractivity contribution in [2.24, 2.45) is 0 Å². The third kappa shape index (κ3) is 4.12. The van der Waals surface area contributed by atoms with Gasteiger partial charge in [-0.3, -0.25) is 9.89 Å². The number of halogens is 1. The van der Waals surface area contributed by atoms with Crippen molar-refractivity contribution in [3.8, 4) is 16.9 Å². The van der Waals surface area contributed by atoms with Gasteiger partial charge in [0.1, 0.15) is 5.75 Å². The Bertz CT molecular complexity index is 1140. The number of rotatable bonds is 7. The second kappa shape index (κ2) is 8.41. The molecule has 29 heavy (non-hydrogen) atoms. The minimum absolute atomic E-state index is 0.0129. The maximum Gasteiger partial charge on any atom is 0.255 e. The maximum absolute atomic E-state index is 12.1. The van der Waals surface area contributed by atoms with Crippen molar-refractivity contribution in [3.63, 3.8) is 0 Å². The molecule has 2 aromatic heterocycles. The van der Waals surface area contributed by atoms with E-state index in [-0.39, 0.29) is 17.2 Å². The first-order valence-electron chi connectivity index (χ1n) is 9.39. The lowest BCUT2D eigenvalue weighted by Gasteiger charge is -2.07. The second-order valence-electron chi connectivity index (χ2n) is 6.79. The van der Waals surface area contributed by atoms with E-state index in [1.165, 1.54) is 6.07 Å². The molecule has 7 heteroatoms. The predicted molar refractivity (Wildman–Crippen MR) is 112 cm³/mol. The Morgan fingerprint density at radius 3 is 2.86 bits per heavy atom. The van der Waals surface area contributed by atoms with Crippen molar-refractivity contribution in [2.45, 2.75) is 19.3 Å².